The van der Waals surface area contributed by atoms with E-state index in [-0.39, 0.29) is 12.6 Å². The van der Waals surface area contributed by atoms with Crippen molar-refractivity contribution in [2.75, 3.05) is 57.6 Å². The highest BCUT2D eigenvalue weighted by atomic mass is 16.3. The predicted molar refractivity (Wildman–Crippen MR) is 103 cm³/mol. The van der Waals surface area contributed by atoms with Crippen molar-refractivity contribution in [2.45, 2.75) is 32.2 Å². The quantitative estimate of drug-likeness (QED) is 0.829. The second kappa shape index (κ2) is 9.06. The van der Waals surface area contributed by atoms with Crippen molar-refractivity contribution in [3.8, 4) is 0 Å². The number of nitrogens with zero attached hydrogens (tertiary/aromatic N) is 3. The average Bonchev–Trinajstić information content (AvgIpc) is 2.59. The fourth-order valence-electron chi connectivity index (χ4n) is 3.45. The largest absolute Gasteiger partial charge is 0.396 e. The Bertz CT molecular complexity index is 569. The molecular formula is C19H32N4O2. The molecule has 0 bridgehead atoms. The molecule has 2 rings (SSSR count). The van der Waals surface area contributed by atoms with E-state index in [1.54, 1.807) is 0 Å². The van der Waals surface area contributed by atoms with Gasteiger partial charge in [0.15, 0.2) is 0 Å². The van der Waals surface area contributed by atoms with Gasteiger partial charge in [-0.2, -0.15) is 0 Å². The molecule has 1 heterocycles. The summed E-state index contributed by atoms with van der Waals surface area (Å²) in [4.78, 5) is 18.8. The Hall–Kier alpha value is -1.79. The van der Waals surface area contributed by atoms with Gasteiger partial charge in [-0.15, -0.1) is 0 Å². The molecular weight excluding hydrogens is 316 g/mol. The topological polar surface area (TPSA) is 59.1 Å². The van der Waals surface area contributed by atoms with Gasteiger partial charge in [0.05, 0.1) is 0 Å². The maximum absolute atomic E-state index is 12.5. The van der Waals surface area contributed by atoms with Gasteiger partial charge in [-0.1, -0.05) is 0 Å². The summed E-state index contributed by atoms with van der Waals surface area (Å²) in [6, 6.07) is 6.48. The lowest BCUT2D eigenvalue weighted by atomic mass is 10.0. The summed E-state index contributed by atoms with van der Waals surface area (Å²) < 4.78 is 0. The van der Waals surface area contributed by atoms with Gasteiger partial charge in [0.2, 0.25) is 0 Å². The van der Waals surface area contributed by atoms with Gasteiger partial charge in [0.25, 0.3) is 0 Å². The van der Waals surface area contributed by atoms with Gasteiger partial charge < -0.3 is 25.1 Å². The summed E-state index contributed by atoms with van der Waals surface area (Å²) in [5.41, 5.74) is 3.15. The molecule has 140 valence electrons. The fraction of sp³-hybridized carbons (Fsp3) is 0.632. The van der Waals surface area contributed by atoms with E-state index in [1.807, 2.05) is 37.2 Å². The number of hydrogen-bond acceptors (Lipinski definition) is 4. The van der Waals surface area contributed by atoms with Crippen LogP contribution in [0.3, 0.4) is 0 Å². The number of likely N-dealkylation sites (tertiary alicyclic amines) is 1. The molecule has 1 aromatic carbocycles. The van der Waals surface area contributed by atoms with E-state index < -0.39 is 0 Å². The van der Waals surface area contributed by atoms with E-state index >= 15 is 0 Å². The highest BCUT2D eigenvalue weighted by Gasteiger charge is 2.25. The van der Waals surface area contributed by atoms with Crippen molar-refractivity contribution < 1.29 is 9.90 Å². The van der Waals surface area contributed by atoms with Crippen LogP contribution in [0.1, 0.15) is 24.8 Å². The molecule has 1 fully saturated rings. The maximum Gasteiger partial charge on any atom is 0.321 e. The van der Waals surface area contributed by atoms with Crippen molar-refractivity contribution >= 4 is 17.4 Å². The molecule has 1 saturated heterocycles. The van der Waals surface area contributed by atoms with E-state index in [0.717, 1.165) is 55.8 Å². The van der Waals surface area contributed by atoms with Crippen molar-refractivity contribution in [2.24, 2.45) is 0 Å². The Labute approximate surface area is 151 Å². The van der Waals surface area contributed by atoms with E-state index in [9.17, 15) is 4.79 Å². The van der Waals surface area contributed by atoms with Crippen LogP contribution in [0.15, 0.2) is 18.2 Å². The molecule has 0 atom stereocenters. The predicted octanol–water partition coefficient (Wildman–Crippen LogP) is 2.37. The molecule has 2 amide bonds. The Morgan fingerprint density at radius 3 is 2.52 bits per heavy atom. The highest BCUT2D eigenvalue weighted by molar-refractivity contribution is 5.89. The van der Waals surface area contributed by atoms with Crippen LogP contribution in [-0.4, -0.2) is 74.4 Å². The second-order valence-electron chi connectivity index (χ2n) is 7.10. The van der Waals surface area contributed by atoms with E-state index in [2.05, 4.69) is 29.1 Å². The Morgan fingerprint density at radius 2 is 1.96 bits per heavy atom. The number of rotatable bonds is 6. The van der Waals surface area contributed by atoms with Crippen molar-refractivity contribution in [3.63, 3.8) is 0 Å². The number of aliphatic hydroxyl groups excluding tert-OH is 1. The standard InChI is InChI=1S/C19H32N4O2/c1-15-14-16(6-7-18(15)21(2)3)20-19(25)23-11-8-17(9-12-23)22(4)10-5-13-24/h6-7,14,17,24H,5,8-13H2,1-4H3,(H,20,25). The molecule has 1 aliphatic heterocycles. The van der Waals surface area contributed by atoms with Crippen molar-refractivity contribution in [1.29, 1.82) is 0 Å². The van der Waals surface area contributed by atoms with Gasteiger partial charge in [0.1, 0.15) is 0 Å². The number of hydrogen-bond donors (Lipinski definition) is 2. The molecule has 25 heavy (non-hydrogen) atoms. The Balaban J connectivity index is 1.85. The molecule has 0 aliphatic carbocycles. The summed E-state index contributed by atoms with van der Waals surface area (Å²) in [6.45, 7) is 4.74. The number of aryl methyl sites for hydroxylation is 1. The first-order valence-electron chi connectivity index (χ1n) is 9.07. The van der Waals surface area contributed by atoms with E-state index in [0.29, 0.717) is 6.04 Å². The lowest BCUT2D eigenvalue weighted by Crippen LogP contribution is -2.47. The summed E-state index contributed by atoms with van der Waals surface area (Å²) in [6.07, 6.45) is 2.77. The second-order valence-corrected chi connectivity index (χ2v) is 7.10. The number of nitrogens with one attached hydrogen (secondary N) is 1. The van der Waals surface area contributed by atoms with Crippen molar-refractivity contribution in [3.05, 3.63) is 23.8 Å². The first kappa shape index (κ1) is 19.5. The summed E-state index contributed by atoms with van der Waals surface area (Å²) in [5.74, 6) is 0. The Kier molecular flexibility index (Phi) is 7.08. The van der Waals surface area contributed by atoms with Crippen LogP contribution in [0, 0.1) is 6.92 Å². The van der Waals surface area contributed by atoms with E-state index in [1.165, 1.54) is 0 Å². The normalized spacial score (nSPS) is 15.5. The number of aliphatic hydroxyl groups is 1. The summed E-state index contributed by atoms with van der Waals surface area (Å²) in [5, 5.41) is 12.0. The van der Waals surface area contributed by atoms with Crippen LogP contribution in [0.4, 0.5) is 16.2 Å². The van der Waals surface area contributed by atoms with E-state index in [4.69, 9.17) is 5.11 Å². The number of benzene rings is 1. The third kappa shape index (κ3) is 5.34. The number of urea groups is 1. The van der Waals surface area contributed by atoms with Crippen LogP contribution in [0.5, 0.6) is 0 Å². The van der Waals surface area contributed by atoms with Crippen molar-refractivity contribution in [1.82, 2.24) is 9.80 Å². The molecule has 0 aromatic heterocycles. The SMILES string of the molecule is Cc1cc(NC(=O)N2CCC(N(C)CCCO)CC2)ccc1N(C)C. The van der Waals surface area contributed by atoms with Gasteiger partial charge in [-0.05, 0) is 57.0 Å². The van der Waals surface area contributed by atoms with Crippen LogP contribution in [0.25, 0.3) is 0 Å². The first-order valence-corrected chi connectivity index (χ1v) is 9.07. The Morgan fingerprint density at radius 1 is 1.28 bits per heavy atom. The molecule has 2 N–H and O–H groups in total. The third-order valence-corrected chi connectivity index (χ3v) is 4.97. The molecule has 0 unspecified atom stereocenters. The number of carbonyl (C=O) groups excluding carboxylic acids is 1. The molecule has 0 saturated carbocycles. The summed E-state index contributed by atoms with van der Waals surface area (Å²) >= 11 is 0. The monoisotopic (exact) mass is 348 g/mol. The number of piperidine rings is 1. The fourth-order valence-corrected chi connectivity index (χ4v) is 3.45. The molecule has 0 spiro atoms. The molecule has 1 aromatic rings. The zero-order valence-corrected chi connectivity index (χ0v) is 16.0. The molecule has 6 nitrogen and oxygen atoms in total. The highest BCUT2D eigenvalue weighted by Crippen LogP contribution is 2.23. The zero-order valence-electron chi connectivity index (χ0n) is 16.0. The van der Waals surface area contributed by atoms with Crippen LogP contribution >= 0.6 is 0 Å². The van der Waals surface area contributed by atoms with Crippen LogP contribution in [0.2, 0.25) is 0 Å². The minimum Gasteiger partial charge on any atom is -0.396 e. The van der Waals surface area contributed by atoms with Gasteiger partial charge in [-0.3, -0.25) is 0 Å². The minimum atomic E-state index is -0.0199. The molecule has 6 heteroatoms. The van der Waals surface area contributed by atoms with Gasteiger partial charge in [0, 0.05) is 57.8 Å². The van der Waals surface area contributed by atoms with Crippen LogP contribution in [-0.2, 0) is 0 Å². The minimum absolute atomic E-state index is 0.0199. The first-order chi connectivity index (χ1) is 11.9. The maximum atomic E-state index is 12.5. The average molecular weight is 348 g/mol. The molecule has 0 radical (unpaired) electrons. The van der Waals surface area contributed by atoms with Gasteiger partial charge in [-0.25, -0.2) is 4.79 Å². The van der Waals surface area contributed by atoms with Crippen LogP contribution < -0.4 is 10.2 Å². The number of anilines is 2. The smallest absolute Gasteiger partial charge is 0.321 e. The lowest BCUT2D eigenvalue weighted by Gasteiger charge is -2.36. The number of amides is 2. The lowest BCUT2D eigenvalue weighted by molar-refractivity contribution is 0.134. The molecule has 1 aliphatic rings. The summed E-state index contributed by atoms with van der Waals surface area (Å²) in [7, 11) is 6.13. The zero-order chi connectivity index (χ0) is 18.4. The number of carbonyl (C=O) groups is 1. The van der Waals surface area contributed by atoms with Gasteiger partial charge >= 0.3 is 6.03 Å². The third-order valence-electron chi connectivity index (χ3n) is 4.97.